The fourth-order valence-corrected chi connectivity index (χ4v) is 0.978. The number of amides is 1. The van der Waals surface area contributed by atoms with E-state index < -0.39 is 6.09 Å². The van der Waals surface area contributed by atoms with Crippen molar-refractivity contribution >= 4 is 28.7 Å². The van der Waals surface area contributed by atoms with Crippen LogP contribution in [0.5, 0.6) is 5.75 Å². The van der Waals surface area contributed by atoms with Gasteiger partial charge in [-0.05, 0) is 46.9 Å². The molecule has 0 bridgehead atoms. The van der Waals surface area contributed by atoms with Crippen LogP contribution in [0.1, 0.15) is 0 Å². The van der Waals surface area contributed by atoms with Crippen molar-refractivity contribution in [1.82, 2.24) is 0 Å². The van der Waals surface area contributed by atoms with Crippen LogP contribution in [0.4, 0.5) is 4.79 Å². The minimum absolute atomic E-state index is 0.470. The Kier molecular flexibility index (Phi) is 2.70. The third-order valence-corrected chi connectivity index (χ3v) is 1.75. The van der Waals surface area contributed by atoms with Crippen LogP contribution in [0, 0.1) is 3.57 Å². The number of benzene rings is 1. The van der Waals surface area contributed by atoms with Crippen molar-refractivity contribution in [3.05, 3.63) is 27.8 Å². The van der Waals surface area contributed by atoms with Gasteiger partial charge in [0.1, 0.15) is 5.75 Å². The molecule has 1 amide bonds. The van der Waals surface area contributed by atoms with E-state index in [-0.39, 0.29) is 0 Å². The predicted octanol–water partition coefficient (Wildman–Crippen LogP) is 1.75. The average Bonchev–Trinajstić information content (AvgIpc) is 1.93. The van der Waals surface area contributed by atoms with E-state index in [4.69, 9.17) is 5.73 Å². The number of carbonyl (C=O) groups excluding carboxylic acids is 1. The van der Waals surface area contributed by atoms with Gasteiger partial charge >= 0.3 is 6.09 Å². The molecule has 4 heteroatoms. The van der Waals surface area contributed by atoms with Gasteiger partial charge in [-0.25, -0.2) is 4.79 Å². The van der Waals surface area contributed by atoms with E-state index in [1.165, 1.54) is 0 Å². The summed E-state index contributed by atoms with van der Waals surface area (Å²) in [5.41, 5.74) is 4.80. The third-order valence-electron chi connectivity index (χ3n) is 1.03. The number of ether oxygens (including phenoxy) is 1. The molecule has 0 aliphatic heterocycles. The molecular weight excluding hydrogens is 257 g/mol. The Labute approximate surface area is 77.7 Å². The maximum atomic E-state index is 10.3. The van der Waals surface area contributed by atoms with Crippen LogP contribution < -0.4 is 10.5 Å². The molecule has 0 aromatic heterocycles. The second-order valence-electron chi connectivity index (χ2n) is 1.88. The molecule has 0 fully saturated rings. The molecule has 1 aromatic carbocycles. The number of hydrogen-bond donors (Lipinski definition) is 1. The molecular formula is C7H6INO2. The van der Waals surface area contributed by atoms with E-state index in [1.807, 2.05) is 12.1 Å². The summed E-state index contributed by atoms with van der Waals surface area (Å²) in [6.07, 6.45) is -0.786. The first kappa shape index (κ1) is 8.32. The number of halogens is 1. The summed E-state index contributed by atoms with van der Waals surface area (Å²) >= 11 is 2.16. The van der Waals surface area contributed by atoms with Crippen molar-refractivity contribution in [1.29, 1.82) is 0 Å². The number of hydrogen-bond acceptors (Lipinski definition) is 2. The van der Waals surface area contributed by atoms with Crippen LogP contribution in [0.2, 0.25) is 0 Å². The maximum absolute atomic E-state index is 10.3. The Balaban J connectivity index is 2.74. The molecule has 11 heavy (non-hydrogen) atoms. The van der Waals surface area contributed by atoms with Crippen LogP contribution in [-0.2, 0) is 0 Å². The molecule has 0 heterocycles. The van der Waals surface area contributed by atoms with Gasteiger partial charge in [-0.3, -0.25) is 0 Å². The van der Waals surface area contributed by atoms with Crippen LogP contribution in [0.3, 0.4) is 0 Å². The largest absolute Gasteiger partial charge is 0.411 e. The van der Waals surface area contributed by atoms with E-state index >= 15 is 0 Å². The van der Waals surface area contributed by atoms with Crippen molar-refractivity contribution in [2.24, 2.45) is 5.73 Å². The Morgan fingerprint density at radius 3 is 2.36 bits per heavy atom. The SMILES string of the molecule is NC(=O)Oc1ccc(I)cc1. The smallest absolute Gasteiger partial charge is 0.409 e. The van der Waals surface area contributed by atoms with E-state index in [2.05, 4.69) is 27.3 Å². The minimum atomic E-state index is -0.786. The first-order chi connectivity index (χ1) is 5.18. The minimum Gasteiger partial charge on any atom is -0.411 e. The second kappa shape index (κ2) is 3.56. The molecule has 3 nitrogen and oxygen atoms in total. The predicted molar refractivity (Wildman–Crippen MR) is 49.4 cm³/mol. The van der Waals surface area contributed by atoms with Crippen molar-refractivity contribution in [2.45, 2.75) is 0 Å². The molecule has 1 rings (SSSR count). The highest BCUT2D eigenvalue weighted by Gasteiger charge is 1.96. The lowest BCUT2D eigenvalue weighted by atomic mass is 10.3. The van der Waals surface area contributed by atoms with Gasteiger partial charge in [-0.2, -0.15) is 0 Å². The molecule has 58 valence electrons. The molecule has 0 atom stereocenters. The first-order valence-electron chi connectivity index (χ1n) is 2.91. The quantitative estimate of drug-likeness (QED) is 0.784. The summed E-state index contributed by atoms with van der Waals surface area (Å²) < 4.78 is 5.69. The van der Waals surface area contributed by atoms with Crippen molar-refractivity contribution in [2.75, 3.05) is 0 Å². The van der Waals surface area contributed by atoms with Gasteiger partial charge in [0.25, 0.3) is 0 Å². The Bertz CT molecular complexity index is 258. The van der Waals surface area contributed by atoms with Gasteiger partial charge in [0.05, 0.1) is 0 Å². The Morgan fingerprint density at radius 1 is 1.36 bits per heavy atom. The summed E-state index contributed by atoms with van der Waals surface area (Å²) in [6, 6.07) is 7.04. The number of rotatable bonds is 1. The first-order valence-corrected chi connectivity index (χ1v) is 3.99. The zero-order valence-corrected chi connectivity index (χ0v) is 7.74. The van der Waals surface area contributed by atoms with E-state index in [1.54, 1.807) is 12.1 Å². The lowest BCUT2D eigenvalue weighted by molar-refractivity contribution is 0.211. The van der Waals surface area contributed by atoms with Crippen LogP contribution >= 0.6 is 22.6 Å². The summed E-state index contributed by atoms with van der Waals surface area (Å²) in [4.78, 5) is 10.3. The summed E-state index contributed by atoms with van der Waals surface area (Å²) in [5, 5.41) is 0. The van der Waals surface area contributed by atoms with Gasteiger partial charge in [0, 0.05) is 3.57 Å². The topological polar surface area (TPSA) is 52.3 Å². The summed E-state index contributed by atoms with van der Waals surface area (Å²) in [7, 11) is 0. The lowest BCUT2D eigenvalue weighted by Gasteiger charge is -1.98. The summed E-state index contributed by atoms with van der Waals surface area (Å²) in [5.74, 6) is 0.470. The number of primary amides is 1. The van der Waals surface area contributed by atoms with Crippen LogP contribution in [0.25, 0.3) is 0 Å². The molecule has 0 saturated carbocycles. The highest BCUT2D eigenvalue weighted by atomic mass is 127. The molecule has 0 radical (unpaired) electrons. The number of nitrogens with two attached hydrogens (primary N) is 1. The lowest BCUT2D eigenvalue weighted by Crippen LogP contribution is -2.16. The third kappa shape index (κ3) is 2.75. The maximum Gasteiger partial charge on any atom is 0.409 e. The van der Waals surface area contributed by atoms with E-state index in [0.717, 1.165) is 3.57 Å². The molecule has 0 aliphatic carbocycles. The van der Waals surface area contributed by atoms with Gasteiger partial charge in [-0.1, -0.05) is 0 Å². The van der Waals surface area contributed by atoms with E-state index in [9.17, 15) is 4.79 Å². The molecule has 1 aromatic rings. The van der Waals surface area contributed by atoms with Crippen molar-refractivity contribution < 1.29 is 9.53 Å². The fraction of sp³-hybridized carbons (Fsp3) is 0. The summed E-state index contributed by atoms with van der Waals surface area (Å²) in [6.45, 7) is 0. The Hall–Kier alpha value is -0.780. The van der Waals surface area contributed by atoms with Crippen molar-refractivity contribution in [3.63, 3.8) is 0 Å². The Morgan fingerprint density at radius 2 is 1.91 bits per heavy atom. The van der Waals surface area contributed by atoms with Crippen molar-refractivity contribution in [3.8, 4) is 5.75 Å². The highest BCUT2D eigenvalue weighted by Crippen LogP contribution is 2.12. The highest BCUT2D eigenvalue weighted by molar-refractivity contribution is 14.1. The number of carbonyl (C=O) groups is 1. The van der Waals surface area contributed by atoms with Crippen LogP contribution in [0.15, 0.2) is 24.3 Å². The van der Waals surface area contributed by atoms with Gasteiger partial charge in [0.2, 0.25) is 0 Å². The standard InChI is InChI=1S/C7H6INO2/c8-5-1-3-6(4-2-5)11-7(9)10/h1-4H,(H2,9,10). The second-order valence-corrected chi connectivity index (χ2v) is 3.12. The monoisotopic (exact) mass is 263 g/mol. The normalized spacial score (nSPS) is 9.18. The molecule has 0 unspecified atom stereocenters. The van der Waals surface area contributed by atoms with E-state index in [0.29, 0.717) is 5.75 Å². The fourth-order valence-electron chi connectivity index (χ4n) is 0.619. The van der Waals surface area contributed by atoms with Gasteiger partial charge in [0.15, 0.2) is 0 Å². The average molecular weight is 263 g/mol. The molecule has 0 aliphatic rings. The molecule has 2 N–H and O–H groups in total. The van der Waals surface area contributed by atoms with Gasteiger partial charge < -0.3 is 10.5 Å². The zero-order valence-electron chi connectivity index (χ0n) is 5.58. The molecule has 0 saturated heterocycles. The molecule has 0 spiro atoms. The zero-order chi connectivity index (χ0) is 8.27. The van der Waals surface area contributed by atoms with Gasteiger partial charge in [-0.15, -0.1) is 0 Å². The van der Waals surface area contributed by atoms with Crippen LogP contribution in [-0.4, -0.2) is 6.09 Å².